The van der Waals surface area contributed by atoms with E-state index in [1.54, 1.807) is 4.90 Å². The lowest BCUT2D eigenvalue weighted by Crippen LogP contribution is -2.48. The number of hydrogen-bond acceptors (Lipinski definition) is 4. The first kappa shape index (κ1) is 14.9. The van der Waals surface area contributed by atoms with Crippen LogP contribution in [0.1, 0.15) is 13.3 Å². The fraction of sp³-hybridized carbons (Fsp3) is 0.800. The molecule has 1 atom stereocenters. The van der Waals surface area contributed by atoms with Crippen molar-refractivity contribution in [3.63, 3.8) is 0 Å². The molecule has 0 aliphatic heterocycles. The van der Waals surface area contributed by atoms with Gasteiger partial charge in [0.15, 0.2) is 0 Å². The average Bonchev–Trinajstić information content (AvgIpc) is 2.13. The molecule has 0 saturated heterocycles. The Morgan fingerprint density at radius 3 is 2.19 bits per heavy atom. The number of likely N-dealkylation sites (N-methyl/N-ethyl adjacent to an activating group) is 1. The topological polar surface area (TPSA) is 86.9 Å². The van der Waals surface area contributed by atoms with Crippen molar-refractivity contribution in [2.45, 2.75) is 19.4 Å². The summed E-state index contributed by atoms with van der Waals surface area (Å²) in [5.41, 5.74) is 5.24. The standard InChI is InChI=1S/C10H21N3O3/c1-4-8(10(11)16)13(7-9(14)15)6-5-12(2)3/h8H,4-7H2,1-3H3,(H2,11,16)(H,14,15). The summed E-state index contributed by atoms with van der Waals surface area (Å²) >= 11 is 0. The SMILES string of the molecule is CCC(C(N)=O)N(CCN(C)C)CC(=O)O. The Labute approximate surface area is 96.0 Å². The Kier molecular flexibility index (Phi) is 6.67. The summed E-state index contributed by atoms with van der Waals surface area (Å²) in [6, 6.07) is -0.504. The lowest BCUT2D eigenvalue weighted by molar-refractivity contribution is -0.139. The zero-order chi connectivity index (χ0) is 12.7. The third kappa shape index (κ3) is 5.67. The molecule has 1 amide bonds. The van der Waals surface area contributed by atoms with Gasteiger partial charge in [-0.2, -0.15) is 0 Å². The van der Waals surface area contributed by atoms with Crippen LogP contribution in [0.4, 0.5) is 0 Å². The molecule has 1 unspecified atom stereocenters. The maximum atomic E-state index is 11.2. The molecule has 6 nitrogen and oxygen atoms in total. The Morgan fingerprint density at radius 2 is 1.88 bits per heavy atom. The largest absolute Gasteiger partial charge is 0.480 e. The Balaban J connectivity index is 4.49. The van der Waals surface area contributed by atoms with Gasteiger partial charge in [-0.1, -0.05) is 6.92 Å². The van der Waals surface area contributed by atoms with Gasteiger partial charge in [-0.25, -0.2) is 0 Å². The van der Waals surface area contributed by atoms with Gasteiger partial charge in [-0.3, -0.25) is 14.5 Å². The van der Waals surface area contributed by atoms with Crippen LogP contribution in [0.25, 0.3) is 0 Å². The van der Waals surface area contributed by atoms with Gasteiger partial charge in [0.2, 0.25) is 5.91 Å². The average molecular weight is 231 g/mol. The molecule has 3 N–H and O–H groups in total. The molecule has 6 heteroatoms. The van der Waals surface area contributed by atoms with Crippen LogP contribution in [0.15, 0.2) is 0 Å². The number of carbonyl (C=O) groups is 2. The molecule has 0 aliphatic carbocycles. The number of amides is 1. The number of rotatable bonds is 8. The Morgan fingerprint density at radius 1 is 1.31 bits per heavy atom. The second-order valence-electron chi connectivity index (χ2n) is 3.99. The third-order valence-electron chi connectivity index (χ3n) is 2.33. The summed E-state index contributed by atoms with van der Waals surface area (Å²) < 4.78 is 0. The summed E-state index contributed by atoms with van der Waals surface area (Å²) in [6.45, 7) is 2.87. The molecular weight excluding hydrogens is 210 g/mol. The van der Waals surface area contributed by atoms with Crippen molar-refractivity contribution < 1.29 is 14.7 Å². The molecule has 16 heavy (non-hydrogen) atoms. The van der Waals surface area contributed by atoms with E-state index in [4.69, 9.17) is 10.8 Å². The zero-order valence-corrected chi connectivity index (χ0v) is 10.1. The minimum absolute atomic E-state index is 0.157. The Bertz CT molecular complexity index is 243. The van der Waals surface area contributed by atoms with Crippen LogP contribution in [0.5, 0.6) is 0 Å². The van der Waals surface area contributed by atoms with Crippen LogP contribution in [0.2, 0.25) is 0 Å². The van der Waals surface area contributed by atoms with E-state index in [2.05, 4.69) is 0 Å². The van der Waals surface area contributed by atoms with Crippen molar-refractivity contribution in [1.82, 2.24) is 9.80 Å². The van der Waals surface area contributed by atoms with E-state index in [0.717, 1.165) is 0 Å². The summed E-state index contributed by atoms with van der Waals surface area (Å²) in [6.07, 6.45) is 0.524. The fourth-order valence-corrected chi connectivity index (χ4v) is 1.49. The van der Waals surface area contributed by atoms with Gasteiger partial charge >= 0.3 is 5.97 Å². The Hall–Kier alpha value is -1.14. The zero-order valence-electron chi connectivity index (χ0n) is 10.1. The van der Waals surface area contributed by atoms with Crippen LogP contribution in [0.3, 0.4) is 0 Å². The quantitative estimate of drug-likeness (QED) is 0.571. The van der Waals surface area contributed by atoms with Gasteiger partial charge in [-0.15, -0.1) is 0 Å². The summed E-state index contributed by atoms with van der Waals surface area (Å²) in [5.74, 6) is -1.42. The summed E-state index contributed by atoms with van der Waals surface area (Å²) in [4.78, 5) is 25.4. The van der Waals surface area contributed by atoms with E-state index >= 15 is 0 Å². The number of aliphatic carboxylic acids is 1. The highest BCUT2D eigenvalue weighted by Crippen LogP contribution is 2.03. The van der Waals surface area contributed by atoms with Crippen LogP contribution >= 0.6 is 0 Å². The van der Waals surface area contributed by atoms with E-state index in [1.807, 2.05) is 25.9 Å². The maximum Gasteiger partial charge on any atom is 0.317 e. The van der Waals surface area contributed by atoms with E-state index in [9.17, 15) is 9.59 Å². The van der Waals surface area contributed by atoms with Crippen LogP contribution in [0, 0.1) is 0 Å². The van der Waals surface area contributed by atoms with Gasteiger partial charge in [0.25, 0.3) is 0 Å². The highest BCUT2D eigenvalue weighted by Gasteiger charge is 2.23. The van der Waals surface area contributed by atoms with Gasteiger partial charge in [0.1, 0.15) is 0 Å². The molecule has 0 aromatic carbocycles. The van der Waals surface area contributed by atoms with Crippen molar-refractivity contribution in [2.75, 3.05) is 33.7 Å². The third-order valence-corrected chi connectivity index (χ3v) is 2.33. The van der Waals surface area contributed by atoms with Gasteiger partial charge in [0, 0.05) is 13.1 Å². The number of nitrogens with two attached hydrogens (primary N) is 1. The molecule has 0 fully saturated rings. The molecule has 0 radical (unpaired) electrons. The molecule has 0 aromatic rings. The predicted molar refractivity (Wildman–Crippen MR) is 61.0 cm³/mol. The number of carboxylic acids is 1. The van der Waals surface area contributed by atoms with Gasteiger partial charge in [-0.05, 0) is 20.5 Å². The lowest BCUT2D eigenvalue weighted by Gasteiger charge is -2.28. The first-order chi connectivity index (χ1) is 7.38. The van der Waals surface area contributed by atoms with Gasteiger partial charge < -0.3 is 15.7 Å². The molecule has 0 aliphatic rings. The van der Waals surface area contributed by atoms with E-state index in [0.29, 0.717) is 19.5 Å². The fourth-order valence-electron chi connectivity index (χ4n) is 1.49. The van der Waals surface area contributed by atoms with E-state index in [1.165, 1.54) is 0 Å². The smallest absolute Gasteiger partial charge is 0.317 e. The number of hydrogen-bond donors (Lipinski definition) is 2. The van der Waals surface area contributed by atoms with Crippen LogP contribution < -0.4 is 5.73 Å². The van der Waals surface area contributed by atoms with Crippen molar-refractivity contribution in [1.29, 1.82) is 0 Å². The molecular formula is C10H21N3O3. The van der Waals surface area contributed by atoms with Crippen molar-refractivity contribution in [2.24, 2.45) is 5.73 Å². The normalized spacial score (nSPS) is 13.1. The van der Waals surface area contributed by atoms with Crippen molar-refractivity contribution in [3.05, 3.63) is 0 Å². The molecule has 0 aromatic heterocycles. The first-order valence-corrected chi connectivity index (χ1v) is 5.28. The van der Waals surface area contributed by atoms with E-state index < -0.39 is 17.9 Å². The predicted octanol–water partition coefficient (Wildman–Crippen LogP) is -0.801. The molecule has 94 valence electrons. The minimum Gasteiger partial charge on any atom is -0.480 e. The van der Waals surface area contributed by atoms with Crippen molar-refractivity contribution in [3.8, 4) is 0 Å². The molecule has 0 saturated carbocycles. The minimum atomic E-state index is -0.946. The second kappa shape index (κ2) is 7.19. The van der Waals surface area contributed by atoms with Crippen LogP contribution in [-0.4, -0.2) is 66.6 Å². The summed E-state index contributed by atoms with van der Waals surface area (Å²) in [5, 5.41) is 8.77. The lowest BCUT2D eigenvalue weighted by atomic mass is 10.1. The molecule has 0 bridgehead atoms. The number of primary amides is 1. The number of carboxylic acid groups (broad SMARTS) is 1. The monoisotopic (exact) mass is 231 g/mol. The van der Waals surface area contributed by atoms with Crippen molar-refractivity contribution >= 4 is 11.9 Å². The van der Waals surface area contributed by atoms with E-state index in [-0.39, 0.29) is 6.54 Å². The number of carbonyl (C=O) groups excluding carboxylic acids is 1. The van der Waals surface area contributed by atoms with Gasteiger partial charge in [0.05, 0.1) is 12.6 Å². The maximum absolute atomic E-state index is 11.2. The molecule has 0 spiro atoms. The highest BCUT2D eigenvalue weighted by molar-refractivity contribution is 5.80. The highest BCUT2D eigenvalue weighted by atomic mass is 16.4. The molecule has 0 rings (SSSR count). The molecule has 0 heterocycles. The number of nitrogens with zero attached hydrogens (tertiary/aromatic N) is 2. The summed E-state index contributed by atoms with van der Waals surface area (Å²) in [7, 11) is 3.79. The second-order valence-corrected chi connectivity index (χ2v) is 3.99. The van der Waals surface area contributed by atoms with Crippen LogP contribution in [-0.2, 0) is 9.59 Å². The first-order valence-electron chi connectivity index (χ1n) is 5.28.